The Kier molecular flexibility index (Phi) is 3.80. The molecule has 0 amide bonds. The molecule has 1 unspecified atom stereocenters. The van der Waals surface area contributed by atoms with Crippen molar-refractivity contribution in [2.45, 2.75) is 18.7 Å². The quantitative estimate of drug-likeness (QED) is 0.744. The summed E-state index contributed by atoms with van der Waals surface area (Å²) < 4.78 is 39.8. The highest BCUT2D eigenvalue weighted by molar-refractivity contribution is 7.13. The van der Waals surface area contributed by atoms with Crippen molar-refractivity contribution in [3.63, 3.8) is 0 Å². The largest absolute Gasteiger partial charge is 0.429 e. The van der Waals surface area contributed by atoms with Crippen LogP contribution < -0.4 is 4.74 Å². The lowest BCUT2D eigenvalue weighted by molar-refractivity contribution is -0.0669. The molecule has 0 saturated heterocycles. The average Bonchev–Trinajstić information content (AvgIpc) is 2.52. The molecule has 0 N–H and O–H groups in total. The van der Waals surface area contributed by atoms with Gasteiger partial charge in [0.25, 0.3) is 5.19 Å². The first-order valence-electron chi connectivity index (χ1n) is 3.23. The number of ether oxygens (including phenoxy) is 1. The van der Waals surface area contributed by atoms with Crippen molar-refractivity contribution < 1.29 is 17.9 Å². The third-order valence-corrected chi connectivity index (χ3v) is 2.41. The smallest absolute Gasteiger partial charge is 0.304 e. The van der Waals surface area contributed by atoms with Gasteiger partial charge in [0.15, 0.2) is 0 Å². The number of rotatable bonds is 4. The Balaban J connectivity index is 2.53. The number of halogens is 4. The molecule has 0 radical (unpaired) electrons. The first-order chi connectivity index (χ1) is 6.13. The van der Waals surface area contributed by atoms with Crippen molar-refractivity contribution in [1.29, 1.82) is 0 Å². The van der Waals surface area contributed by atoms with Crippen LogP contribution in [0.5, 0.6) is 5.19 Å². The summed E-state index contributed by atoms with van der Waals surface area (Å²) in [4.78, 5) is 4.19. The van der Waals surface area contributed by atoms with E-state index in [4.69, 9.17) is 11.6 Å². The molecule has 1 atom stereocenters. The number of nitrogens with zero attached hydrogens (tertiary/aromatic N) is 1. The molecule has 13 heavy (non-hydrogen) atoms. The standard InChI is InChI=1S/C6H5ClF3NOS/c7-1-3-2-11-6(13-3)12-5(10)4(8)9/h2,4-5H,1H2. The third-order valence-electron chi connectivity index (χ3n) is 1.08. The molecule has 74 valence electrons. The molecule has 1 aromatic heterocycles. The predicted molar refractivity (Wildman–Crippen MR) is 43.2 cm³/mol. The lowest BCUT2D eigenvalue weighted by Crippen LogP contribution is -2.19. The van der Waals surface area contributed by atoms with Crippen LogP contribution in [-0.4, -0.2) is 17.8 Å². The van der Waals surface area contributed by atoms with E-state index in [1.165, 1.54) is 6.20 Å². The minimum absolute atomic E-state index is 0.136. The van der Waals surface area contributed by atoms with Gasteiger partial charge in [-0.25, -0.2) is 13.8 Å². The summed E-state index contributed by atoms with van der Waals surface area (Å²) in [5.41, 5.74) is 0. The van der Waals surface area contributed by atoms with Crippen molar-refractivity contribution >= 4 is 22.9 Å². The molecule has 1 heterocycles. The monoisotopic (exact) mass is 231 g/mol. The van der Waals surface area contributed by atoms with E-state index in [2.05, 4.69) is 9.72 Å². The van der Waals surface area contributed by atoms with Gasteiger partial charge in [0.05, 0.1) is 5.88 Å². The zero-order chi connectivity index (χ0) is 9.84. The van der Waals surface area contributed by atoms with Gasteiger partial charge in [-0.2, -0.15) is 4.39 Å². The van der Waals surface area contributed by atoms with Gasteiger partial charge >= 0.3 is 12.8 Å². The summed E-state index contributed by atoms with van der Waals surface area (Å²) in [7, 11) is 0. The topological polar surface area (TPSA) is 22.1 Å². The molecule has 0 spiro atoms. The molecular formula is C6H5ClF3NOS. The minimum Gasteiger partial charge on any atom is -0.429 e. The first kappa shape index (κ1) is 10.6. The summed E-state index contributed by atoms with van der Waals surface area (Å²) in [6, 6.07) is 0. The van der Waals surface area contributed by atoms with Crippen molar-refractivity contribution in [3.05, 3.63) is 11.1 Å². The van der Waals surface area contributed by atoms with Crippen molar-refractivity contribution in [3.8, 4) is 5.19 Å². The molecule has 2 nitrogen and oxygen atoms in total. The van der Waals surface area contributed by atoms with Gasteiger partial charge in [0.2, 0.25) is 0 Å². The van der Waals surface area contributed by atoms with Crippen molar-refractivity contribution in [2.24, 2.45) is 0 Å². The summed E-state index contributed by atoms with van der Waals surface area (Å²) in [6.07, 6.45) is -4.44. The Morgan fingerprint density at radius 3 is 2.69 bits per heavy atom. The van der Waals surface area contributed by atoms with Gasteiger partial charge in [-0.1, -0.05) is 11.3 Å². The van der Waals surface area contributed by atoms with E-state index < -0.39 is 12.8 Å². The molecule has 1 aromatic rings. The highest BCUT2D eigenvalue weighted by Crippen LogP contribution is 2.24. The molecule has 0 aliphatic carbocycles. The highest BCUT2D eigenvalue weighted by Gasteiger charge is 2.22. The van der Waals surface area contributed by atoms with Gasteiger partial charge in [-0.3, -0.25) is 0 Å². The lowest BCUT2D eigenvalue weighted by Gasteiger charge is -2.05. The minimum atomic E-state index is -3.16. The van der Waals surface area contributed by atoms with Crippen LogP contribution in [0.3, 0.4) is 0 Å². The van der Waals surface area contributed by atoms with Gasteiger partial charge < -0.3 is 4.74 Å². The van der Waals surface area contributed by atoms with Gasteiger partial charge in [0, 0.05) is 11.1 Å². The number of alkyl halides is 4. The van der Waals surface area contributed by atoms with E-state index in [-0.39, 0.29) is 11.1 Å². The molecule has 7 heteroatoms. The Hall–Kier alpha value is -0.490. The number of hydrogen-bond acceptors (Lipinski definition) is 3. The lowest BCUT2D eigenvalue weighted by atomic mass is 10.6. The normalized spacial score (nSPS) is 13.3. The van der Waals surface area contributed by atoms with Crippen LogP contribution in [0.2, 0.25) is 0 Å². The van der Waals surface area contributed by atoms with Crippen LogP contribution in [0.15, 0.2) is 6.20 Å². The molecule has 0 bridgehead atoms. The predicted octanol–water partition coefficient (Wildman–Crippen LogP) is 2.82. The maximum Gasteiger partial charge on any atom is 0.304 e. The van der Waals surface area contributed by atoms with Crippen LogP contribution in [0.4, 0.5) is 13.2 Å². The van der Waals surface area contributed by atoms with Crippen LogP contribution >= 0.6 is 22.9 Å². The molecule has 0 aliphatic rings. The maximum atomic E-state index is 12.3. The SMILES string of the molecule is FC(F)C(F)Oc1ncc(CCl)s1. The van der Waals surface area contributed by atoms with Crippen LogP contribution in [0.1, 0.15) is 4.88 Å². The first-order valence-corrected chi connectivity index (χ1v) is 4.58. The molecule has 0 aliphatic heterocycles. The molecule has 0 fully saturated rings. The van der Waals surface area contributed by atoms with Crippen molar-refractivity contribution in [1.82, 2.24) is 4.98 Å². The second-order valence-electron chi connectivity index (χ2n) is 2.03. The highest BCUT2D eigenvalue weighted by atomic mass is 35.5. The molecule has 0 aromatic carbocycles. The van der Waals surface area contributed by atoms with Gasteiger partial charge in [-0.15, -0.1) is 11.6 Å². The Bertz CT molecular complexity index is 270. The van der Waals surface area contributed by atoms with Crippen LogP contribution in [-0.2, 0) is 5.88 Å². The second kappa shape index (κ2) is 4.66. The van der Waals surface area contributed by atoms with Crippen molar-refractivity contribution in [2.75, 3.05) is 0 Å². The average molecular weight is 232 g/mol. The zero-order valence-electron chi connectivity index (χ0n) is 6.21. The molecular weight excluding hydrogens is 227 g/mol. The fourth-order valence-electron chi connectivity index (χ4n) is 0.554. The van der Waals surface area contributed by atoms with Gasteiger partial charge in [0.1, 0.15) is 0 Å². The summed E-state index contributed by atoms with van der Waals surface area (Å²) in [6.45, 7) is 0. The summed E-state index contributed by atoms with van der Waals surface area (Å²) in [5.74, 6) is 0.201. The number of hydrogen-bond donors (Lipinski definition) is 0. The number of thiazole rings is 1. The van der Waals surface area contributed by atoms with Gasteiger partial charge in [-0.05, 0) is 0 Å². The van der Waals surface area contributed by atoms with Crippen LogP contribution in [0.25, 0.3) is 0 Å². The zero-order valence-corrected chi connectivity index (χ0v) is 7.79. The fourth-order valence-corrected chi connectivity index (χ4v) is 1.42. The Morgan fingerprint density at radius 2 is 2.23 bits per heavy atom. The molecule has 1 rings (SSSR count). The summed E-state index contributed by atoms with van der Waals surface area (Å²) in [5, 5.41) is -0.136. The molecule has 0 saturated carbocycles. The Labute approximate surface area is 81.3 Å². The van der Waals surface area contributed by atoms with E-state index in [1.807, 2.05) is 0 Å². The maximum absolute atomic E-state index is 12.3. The van der Waals surface area contributed by atoms with E-state index >= 15 is 0 Å². The van der Waals surface area contributed by atoms with E-state index in [1.54, 1.807) is 0 Å². The van der Waals surface area contributed by atoms with E-state index in [9.17, 15) is 13.2 Å². The van der Waals surface area contributed by atoms with E-state index in [0.29, 0.717) is 4.88 Å². The second-order valence-corrected chi connectivity index (χ2v) is 3.37. The number of aromatic nitrogens is 1. The van der Waals surface area contributed by atoms with Crippen LogP contribution in [0, 0.1) is 0 Å². The third kappa shape index (κ3) is 3.04. The van der Waals surface area contributed by atoms with E-state index in [0.717, 1.165) is 11.3 Å². The fraction of sp³-hybridized carbons (Fsp3) is 0.500. The Morgan fingerprint density at radius 1 is 1.54 bits per heavy atom. The summed E-state index contributed by atoms with van der Waals surface area (Å²) >= 11 is 6.35.